The Morgan fingerprint density at radius 1 is 1.83 bits per heavy atom. The molecule has 1 saturated heterocycles. The summed E-state index contributed by atoms with van der Waals surface area (Å²) in [5, 5.41) is 3.06. The van der Waals surface area contributed by atoms with E-state index >= 15 is 0 Å². The Kier molecular flexibility index (Phi) is 1.34. The molecule has 0 aliphatic carbocycles. The molecule has 1 rings (SSSR count). The smallest absolute Gasteiger partial charge is 0.103 e. The number of nitrogens with one attached hydrogen (secondary N) is 1. The van der Waals surface area contributed by atoms with Crippen molar-refractivity contribution in [2.45, 2.75) is 5.50 Å². The quantitative estimate of drug-likeness (QED) is 0.438. The van der Waals surface area contributed by atoms with Crippen molar-refractivity contribution in [3.63, 3.8) is 0 Å². The maximum atomic E-state index is 5.39. The maximum absolute atomic E-state index is 5.39. The Bertz CT molecular complexity index is 42.1. The number of hydrogen-bond acceptors (Lipinski definition) is 3. The van der Waals surface area contributed by atoms with Gasteiger partial charge < -0.3 is 5.73 Å². The molecule has 2 nitrogen and oxygen atoms in total. The lowest BCUT2D eigenvalue weighted by molar-refractivity contribution is 0.737. The van der Waals surface area contributed by atoms with Crippen molar-refractivity contribution < 1.29 is 0 Å². The summed E-state index contributed by atoms with van der Waals surface area (Å²) in [6.07, 6.45) is 0. The number of hydrogen-bond donors (Lipinski definition) is 2. The van der Waals surface area contributed by atoms with Gasteiger partial charge in [0.15, 0.2) is 0 Å². The van der Waals surface area contributed by atoms with Crippen LogP contribution in [0.5, 0.6) is 0 Å². The molecule has 0 unspecified atom stereocenters. The number of nitrogens with two attached hydrogens (primary N) is 1. The van der Waals surface area contributed by atoms with Crippen molar-refractivity contribution in [2.24, 2.45) is 5.73 Å². The molecule has 0 aromatic carbocycles. The Hall–Kier alpha value is 0.270. The second-order valence-electron chi connectivity index (χ2n) is 1.25. The highest BCUT2D eigenvalue weighted by Gasteiger charge is 2.06. The third-order valence-electron chi connectivity index (χ3n) is 0.745. The van der Waals surface area contributed by atoms with Crippen LogP contribution in [0.15, 0.2) is 0 Å². The molecule has 1 aliphatic heterocycles. The summed E-state index contributed by atoms with van der Waals surface area (Å²) in [6, 6.07) is 0. The van der Waals surface area contributed by atoms with Crippen LogP contribution in [-0.4, -0.2) is 17.8 Å². The van der Waals surface area contributed by atoms with Crippen LogP contribution >= 0.6 is 11.8 Å². The van der Waals surface area contributed by atoms with E-state index in [0.29, 0.717) is 0 Å². The van der Waals surface area contributed by atoms with Crippen LogP contribution in [0.4, 0.5) is 0 Å². The van der Waals surface area contributed by atoms with Crippen LogP contribution in [-0.2, 0) is 0 Å². The lowest BCUT2D eigenvalue weighted by atomic mass is 10.8. The minimum atomic E-state index is 0.213. The minimum absolute atomic E-state index is 0.213. The molecule has 1 aliphatic rings. The van der Waals surface area contributed by atoms with E-state index in [9.17, 15) is 0 Å². The van der Waals surface area contributed by atoms with Gasteiger partial charge in [0.2, 0.25) is 0 Å². The third-order valence-corrected chi connectivity index (χ3v) is 1.71. The SMILES string of the molecule is N[C@@H]1NCCS1. The van der Waals surface area contributed by atoms with Gasteiger partial charge in [-0.2, -0.15) is 0 Å². The van der Waals surface area contributed by atoms with Crippen molar-refractivity contribution >= 4 is 11.8 Å². The molecule has 1 fully saturated rings. The number of thioether (sulfide) groups is 1. The van der Waals surface area contributed by atoms with Gasteiger partial charge in [0, 0.05) is 12.3 Å². The molecule has 0 radical (unpaired) electrons. The van der Waals surface area contributed by atoms with Crippen LogP contribution < -0.4 is 11.1 Å². The zero-order chi connectivity index (χ0) is 4.41. The largest absolute Gasteiger partial charge is 0.307 e. The highest BCUT2D eigenvalue weighted by atomic mass is 32.2. The van der Waals surface area contributed by atoms with E-state index < -0.39 is 0 Å². The topological polar surface area (TPSA) is 38.0 Å². The first kappa shape index (κ1) is 4.43. The van der Waals surface area contributed by atoms with Crippen molar-refractivity contribution in [1.82, 2.24) is 5.32 Å². The molecule has 0 spiro atoms. The maximum Gasteiger partial charge on any atom is 0.103 e. The van der Waals surface area contributed by atoms with Crippen molar-refractivity contribution in [1.29, 1.82) is 0 Å². The molecule has 36 valence electrons. The zero-order valence-corrected chi connectivity index (χ0v) is 4.29. The summed E-state index contributed by atoms with van der Waals surface area (Å²) >= 11 is 1.76. The lowest BCUT2D eigenvalue weighted by Gasteiger charge is -1.95. The fourth-order valence-electron chi connectivity index (χ4n) is 0.446. The van der Waals surface area contributed by atoms with Crippen molar-refractivity contribution in [3.8, 4) is 0 Å². The van der Waals surface area contributed by atoms with E-state index in [4.69, 9.17) is 5.73 Å². The van der Waals surface area contributed by atoms with Gasteiger partial charge in [-0.15, -0.1) is 11.8 Å². The Morgan fingerprint density at radius 3 is 2.83 bits per heavy atom. The highest BCUT2D eigenvalue weighted by Crippen LogP contribution is 2.06. The molecule has 1 heterocycles. The van der Waals surface area contributed by atoms with Gasteiger partial charge in [0.25, 0.3) is 0 Å². The predicted molar refractivity (Wildman–Crippen MR) is 28.4 cm³/mol. The lowest BCUT2D eigenvalue weighted by Crippen LogP contribution is -2.27. The molecular formula is C3H8N2S. The average molecular weight is 104 g/mol. The predicted octanol–water partition coefficient (Wildman–Crippen LogP) is -0.435. The van der Waals surface area contributed by atoms with E-state index in [2.05, 4.69) is 5.32 Å². The first-order valence-corrected chi connectivity index (χ1v) is 3.05. The van der Waals surface area contributed by atoms with E-state index in [-0.39, 0.29) is 5.50 Å². The monoisotopic (exact) mass is 104 g/mol. The van der Waals surface area contributed by atoms with E-state index in [1.807, 2.05) is 0 Å². The second kappa shape index (κ2) is 1.82. The van der Waals surface area contributed by atoms with E-state index in [1.165, 1.54) is 5.75 Å². The molecule has 1 atom stereocenters. The summed E-state index contributed by atoms with van der Waals surface area (Å²) in [7, 11) is 0. The fraction of sp³-hybridized carbons (Fsp3) is 1.00. The van der Waals surface area contributed by atoms with Gasteiger partial charge >= 0.3 is 0 Å². The zero-order valence-electron chi connectivity index (χ0n) is 3.48. The van der Waals surface area contributed by atoms with Crippen molar-refractivity contribution in [3.05, 3.63) is 0 Å². The van der Waals surface area contributed by atoms with Crippen LogP contribution in [0, 0.1) is 0 Å². The molecule has 0 bridgehead atoms. The van der Waals surface area contributed by atoms with Crippen LogP contribution in [0.3, 0.4) is 0 Å². The molecule has 0 amide bonds. The van der Waals surface area contributed by atoms with Crippen LogP contribution in [0.25, 0.3) is 0 Å². The molecule has 0 aromatic rings. The van der Waals surface area contributed by atoms with Gasteiger partial charge in [-0.05, 0) is 0 Å². The first-order valence-electron chi connectivity index (χ1n) is 2.00. The van der Waals surface area contributed by atoms with Gasteiger partial charge in [0.1, 0.15) is 5.50 Å². The Balaban J connectivity index is 2.18. The molecule has 3 heteroatoms. The summed E-state index contributed by atoms with van der Waals surface area (Å²) < 4.78 is 0. The highest BCUT2D eigenvalue weighted by molar-refractivity contribution is 8.00. The third kappa shape index (κ3) is 0.864. The van der Waals surface area contributed by atoms with Gasteiger partial charge in [-0.1, -0.05) is 0 Å². The summed E-state index contributed by atoms with van der Waals surface area (Å²) in [5.41, 5.74) is 5.60. The van der Waals surface area contributed by atoms with E-state index in [0.717, 1.165) is 6.54 Å². The van der Waals surface area contributed by atoms with Gasteiger partial charge in [-0.3, -0.25) is 5.32 Å². The summed E-state index contributed by atoms with van der Waals surface area (Å²) in [6.45, 7) is 1.08. The first-order chi connectivity index (χ1) is 2.89. The molecule has 3 N–H and O–H groups in total. The normalized spacial score (nSPS) is 34.5. The van der Waals surface area contributed by atoms with Crippen molar-refractivity contribution in [2.75, 3.05) is 12.3 Å². The fourth-order valence-corrected chi connectivity index (χ4v) is 1.17. The Morgan fingerprint density at radius 2 is 2.67 bits per heavy atom. The van der Waals surface area contributed by atoms with Gasteiger partial charge in [0.05, 0.1) is 0 Å². The summed E-state index contributed by atoms with van der Waals surface area (Å²) in [4.78, 5) is 0. The number of rotatable bonds is 0. The van der Waals surface area contributed by atoms with Crippen LogP contribution in [0.1, 0.15) is 0 Å². The molecule has 0 aromatic heterocycles. The van der Waals surface area contributed by atoms with Gasteiger partial charge in [-0.25, -0.2) is 0 Å². The minimum Gasteiger partial charge on any atom is -0.307 e. The standard InChI is InChI=1S/C3H8N2S/c4-3-5-1-2-6-3/h3,5H,1-2,4H2/t3-/m1/s1. The molecular weight excluding hydrogens is 96.1 g/mol. The average Bonchev–Trinajstić information content (AvgIpc) is 1.86. The Labute approximate surface area is 41.5 Å². The molecule has 6 heavy (non-hydrogen) atoms. The van der Waals surface area contributed by atoms with E-state index in [1.54, 1.807) is 11.8 Å². The van der Waals surface area contributed by atoms with Crippen LogP contribution in [0.2, 0.25) is 0 Å². The summed E-state index contributed by atoms with van der Waals surface area (Å²) in [5.74, 6) is 1.17. The molecule has 0 saturated carbocycles. The second-order valence-corrected chi connectivity index (χ2v) is 2.49.